The van der Waals surface area contributed by atoms with Crippen molar-refractivity contribution in [1.29, 1.82) is 0 Å². The molecule has 1 heterocycles. The first-order chi connectivity index (χ1) is 8.47. The van der Waals surface area contributed by atoms with E-state index in [0.717, 1.165) is 12.1 Å². The number of hydrogen-bond acceptors (Lipinski definition) is 3. The van der Waals surface area contributed by atoms with Crippen LogP contribution in [0.25, 0.3) is 0 Å². The van der Waals surface area contributed by atoms with Gasteiger partial charge >= 0.3 is 0 Å². The molecule has 0 bridgehead atoms. The standard InChI is InChI=1S/C15H20N2S/c1-9(2)14-13(18-15(16)17-14)8-12-6-5-10(3)11(4)7-12/h5-7,9H,8H2,1-4H3,(H2,16,17). The highest BCUT2D eigenvalue weighted by Gasteiger charge is 2.13. The van der Waals surface area contributed by atoms with Crippen molar-refractivity contribution < 1.29 is 0 Å². The number of thiazole rings is 1. The molecule has 2 N–H and O–H groups in total. The molecule has 0 amide bonds. The van der Waals surface area contributed by atoms with Crippen molar-refractivity contribution in [3.8, 4) is 0 Å². The van der Waals surface area contributed by atoms with Crippen LogP contribution < -0.4 is 5.73 Å². The Bertz CT molecular complexity index is 556. The van der Waals surface area contributed by atoms with Crippen LogP contribution >= 0.6 is 11.3 Å². The summed E-state index contributed by atoms with van der Waals surface area (Å²) < 4.78 is 0. The Balaban J connectivity index is 2.30. The molecule has 96 valence electrons. The molecule has 0 radical (unpaired) electrons. The van der Waals surface area contributed by atoms with Crippen LogP contribution in [0.5, 0.6) is 0 Å². The average molecular weight is 260 g/mol. The van der Waals surface area contributed by atoms with E-state index < -0.39 is 0 Å². The highest BCUT2D eigenvalue weighted by atomic mass is 32.1. The van der Waals surface area contributed by atoms with Gasteiger partial charge in [0.2, 0.25) is 0 Å². The Morgan fingerprint density at radius 1 is 1.22 bits per heavy atom. The molecule has 0 aliphatic heterocycles. The average Bonchev–Trinajstić information content (AvgIpc) is 2.65. The first kappa shape index (κ1) is 13.1. The monoisotopic (exact) mass is 260 g/mol. The molecule has 2 rings (SSSR count). The third-order valence-corrected chi connectivity index (χ3v) is 4.13. The van der Waals surface area contributed by atoms with Crippen molar-refractivity contribution in [2.75, 3.05) is 5.73 Å². The fourth-order valence-corrected chi connectivity index (χ4v) is 3.08. The summed E-state index contributed by atoms with van der Waals surface area (Å²) in [5.41, 5.74) is 11.0. The summed E-state index contributed by atoms with van der Waals surface area (Å²) in [6.07, 6.45) is 0.934. The van der Waals surface area contributed by atoms with Crippen LogP contribution in [-0.2, 0) is 6.42 Å². The number of anilines is 1. The molecule has 1 aromatic heterocycles. The van der Waals surface area contributed by atoms with Crippen LogP contribution in [0.1, 0.15) is 47.0 Å². The predicted octanol–water partition coefficient (Wildman–Crippen LogP) is 4.06. The van der Waals surface area contributed by atoms with Crippen molar-refractivity contribution in [1.82, 2.24) is 4.98 Å². The summed E-state index contributed by atoms with van der Waals surface area (Å²) in [5, 5.41) is 0.678. The van der Waals surface area contributed by atoms with E-state index in [1.54, 1.807) is 11.3 Å². The largest absolute Gasteiger partial charge is 0.375 e. The van der Waals surface area contributed by atoms with Crippen molar-refractivity contribution in [2.24, 2.45) is 0 Å². The van der Waals surface area contributed by atoms with Crippen molar-refractivity contribution in [3.63, 3.8) is 0 Å². The fraction of sp³-hybridized carbons (Fsp3) is 0.400. The molecule has 2 aromatic rings. The van der Waals surface area contributed by atoms with Gasteiger partial charge in [0, 0.05) is 11.3 Å². The maximum atomic E-state index is 5.83. The van der Waals surface area contributed by atoms with E-state index in [-0.39, 0.29) is 0 Å². The van der Waals surface area contributed by atoms with E-state index in [9.17, 15) is 0 Å². The molecule has 0 aliphatic rings. The predicted molar refractivity (Wildman–Crippen MR) is 79.3 cm³/mol. The number of nitrogen functional groups attached to an aromatic ring is 1. The lowest BCUT2D eigenvalue weighted by atomic mass is 10.0. The van der Waals surface area contributed by atoms with Gasteiger partial charge < -0.3 is 5.73 Å². The second-order valence-electron chi connectivity index (χ2n) is 5.11. The van der Waals surface area contributed by atoms with Crippen LogP contribution in [0.3, 0.4) is 0 Å². The summed E-state index contributed by atoms with van der Waals surface area (Å²) in [5.74, 6) is 0.431. The van der Waals surface area contributed by atoms with Crippen LogP contribution in [0, 0.1) is 13.8 Å². The number of aromatic nitrogens is 1. The third-order valence-electron chi connectivity index (χ3n) is 3.23. The maximum absolute atomic E-state index is 5.83. The molecule has 0 spiro atoms. The summed E-state index contributed by atoms with van der Waals surface area (Å²) in [7, 11) is 0. The van der Waals surface area contributed by atoms with Crippen molar-refractivity contribution >= 4 is 16.5 Å². The Hall–Kier alpha value is -1.35. The molecule has 0 atom stereocenters. The van der Waals surface area contributed by atoms with Crippen LogP contribution in [0.15, 0.2) is 18.2 Å². The zero-order valence-electron chi connectivity index (χ0n) is 11.4. The minimum absolute atomic E-state index is 0.431. The Labute approximate surface area is 113 Å². The molecule has 0 saturated carbocycles. The summed E-state index contributed by atoms with van der Waals surface area (Å²) >= 11 is 1.61. The zero-order chi connectivity index (χ0) is 13.3. The highest BCUT2D eigenvalue weighted by molar-refractivity contribution is 7.15. The smallest absolute Gasteiger partial charge is 0.180 e. The van der Waals surface area contributed by atoms with E-state index in [1.807, 2.05) is 0 Å². The molecule has 0 aliphatic carbocycles. The Morgan fingerprint density at radius 3 is 2.56 bits per heavy atom. The lowest BCUT2D eigenvalue weighted by Crippen LogP contribution is -1.96. The lowest BCUT2D eigenvalue weighted by molar-refractivity contribution is 0.820. The zero-order valence-corrected chi connectivity index (χ0v) is 12.3. The van der Waals surface area contributed by atoms with E-state index in [1.165, 1.54) is 21.6 Å². The van der Waals surface area contributed by atoms with Crippen molar-refractivity contribution in [2.45, 2.75) is 40.0 Å². The number of nitrogens with zero attached hydrogens (tertiary/aromatic N) is 1. The molecule has 1 aromatic carbocycles. The van der Waals surface area contributed by atoms with Gasteiger partial charge in [-0.15, -0.1) is 11.3 Å². The second-order valence-corrected chi connectivity index (χ2v) is 6.23. The highest BCUT2D eigenvalue weighted by Crippen LogP contribution is 2.29. The van der Waals surface area contributed by atoms with Gasteiger partial charge in [-0.25, -0.2) is 4.98 Å². The fourth-order valence-electron chi connectivity index (χ4n) is 2.06. The van der Waals surface area contributed by atoms with Crippen LogP contribution in [0.2, 0.25) is 0 Å². The Morgan fingerprint density at radius 2 is 1.94 bits per heavy atom. The number of aryl methyl sites for hydroxylation is 2. The van der Waals surface area contributed by atoms with Gasteiger partial charge in [-0.05, 0) is 36.5 Å². The normalized spacial score (nSPS) is 11.2. The lowest BCUT2D eigenvalue weighted by Gasteiger charge is -2.07. The molecule has 0 unspecified atom stereocenters. The van der Waals surface area contributed by atoms with Gasteiger partial charge in [0.05, 0.1) is 5.69 Å². The molecular formula is C15H20N2S. The molecule has 3 heteroatoms. The van der Waals surface area contributed by atoms with Gasteiger partial charge in [-0.1, -0.05) is 32.0 Å². The van der Waals surface area contributed by atoms with Gasteiger partial charge in [0.25, 0.3) is 0 Å². The van der Waals surface area contributed by atoms with Gasteiger partial charge in [0.1, 0.15) is 0 Å². The summed E-state index contributed by atoms with van der Waals surface area (Å²) in [6.45, 7) is 8.63. The molecule has 2 nitrogen and oxygen atoms in total. The number of rotatable bonds is 3. The number of hydrogen-bond donors (Lipinski definition) is 1. The van der Waals surface area contributed by atoms with Gasteiger partial charge in [-0.3, -0.25) is 0 Å². The first-order valence-corrected chi connectivity index (χ1v) is 7.10. The number of benzene rings is 1. The van der Waals surface area contributed by atoms with Gasteiger partial charge in [-0.2, -0.15) is 0 Å². The second kappa shape index (κ2) is 5.11. The van der Waals surface area contributed by atoms with Gasteiger partial charge in [0.15, 0.2) is 5.13 Å². The first-order valence-electron chi connectivity index (χ1n) is 6.28. The van der Waals surface area contributed by atoms with Crippen molar-refractivity contribution in [3.05, 3.63) is 45.5 Å². The molecule has 0 fully saturated rings. The quantitative estimate of drug-likeness (QED) is 0.904. The van der Waals surface area contributed by atoms with E-state index in [0.29, 0.717) is 11.0 Å². The minimum atomic E-state index is 0.431. The van der Waals surface area contributed by atoms with Crippen LogP contribution in [-0.4, -0.2) is 4.98 Å². The molecular weight excluding hydrogens is 240 g/mol. The molecule has 18 heavy (non-hydrogen) atoms. The Kier molecular flexibility index (Phi) is 3.71. The summed E-state index contributed by atoms with van der Waals surface area (Å²) in [6, 6.07) is 6.64. The topological polar surface area (TPSA) is 38.9 Å². The maximum Gasteiger partial charge on any atom is 0.180 e. The van der Waals surface area contributed by atoms with E-state index in [2.05, 4.69) is 50.9 Å². The third kappa shape index (κ3) is 2.72. The SMILES string of the molecule is Cc1ccc(Cc2sc(N)nc2C(C)C)cc1C. The number of nitrogens with two attached hydrogens (primary N) is 1. The molecule has 0 saturated heterocycles. The minimum Gasteiger partial charge on any atom is -0.375 e. The van der Waals surface area contributed by atoms with E-state index in [4.69, 9.17) is 5.73 Å². The van der Waals surface area contributed by atoms with E-state index >= 15 is 0 Å². The van der Waals surface area contributed by atoms with Crippen LogP contribution in [0.4, 0.5) is 5.13 Å². The summed E-state index contributed by atoms with van der Waals surface area (Å²) in [4.78, 5) is 5.74.